The highest BCUT2D eigenvalue weighted by Gasteiger charge is 2.34. The molecular weight excluding hydrogens is 442 g/mol. The van der Waals surface area contributed by atoms with E-state index in [2.05, 4.69) is 10.6 Å². The number of hydrogen-bond donors (Lipinski definition) is 2. The second kappa shape index (κ2) is 10.2. The molecule has 1 heterocycles. The van der Waals surface area contributed by atoms with Crippen LogP contribution >= 0.6 is 11.6 Å². The van der Waals surface area contributed by atoms with Gasteiger partial charge >= 0.3 is 11.8 Å². The number of ether oxygens (including phenoxy) is 1. The van der Waals surface area contributed by atoms with Crippen LogP contribution in [0.5, 0.6) is 0 Å². The number of rotatable bonds is 6. The molecular formula is C21H24ClN3O5S. The van der Waals surface area contributed by atoms with Crippen LogP contribution in [-0.4, -0.2) is 50.5 Å². The molecule has 8 nitrogen and oxygen atoms in total. The normalized spacial score (nSPS) is 17.2. The van der Waals surface area contributed by atoms with Gasteiger partial charge in [0.05, 0.1) is 18.0 Å². The van der Waals surface area contributed by atoms with Gasteiger partial charge in [0.25, 0.3) is 0 Å². The van der Waals surface area contributed by atoms with Gasteiger partial charge in [0.2, 0.25) is 10.0 Å². The van der Waals surface area contributed by atoms with Crippen LogP contribution in [-0.2, 0) is 30.9 Å². The monoisotopic (exact) mass is 465 g/mol. The van der Waals surface area contributed by atoms with Crippen LogP contribution in [0.15, 0.2) is 53.4 Å². The molecule has 0 bridgehead atoms. The first-order valence-electron chi connectivity index (χ1n) is 9.78. The minimum absolute atomic E-state index is 0.0970. The van der Waals surface area contributed by atoms with Crippen molar-refractivity contribution in [2.24, 2.45) is 0 Å². The van der Waals surface area contributed by atoms with Crippen molar-refractivity contribution in [2.75, 3.05) is 19.7 Å². The van der Waals surface area contributed by atoms with E-state index in [0.717, 1.165) is 5.56 Å². The third-order valence-electron chi connectivity index (χ3n) is 4.82. The first kappa shape index (κ1) is 23.2. The van der Waals surface area contributed by atoms with Gasteiger partial charge in [-0.05, 0) is 37.1 Å². The third kappa shape index (κ3) is 5.82. The van der Waals surface area contributed by atoms with Gasteiger partial charge in [-0.25, -0.2) is 8.42 Å². The van der Waals surface area contributed by atoms with E-state index in [-0.39, 0.29) is 24.5 Å². The summed E-state index contributed by atoms with van der Waals surface area (Å²) < 4.78 is 32.8. The Morgan fingerprint density at radius 1 is 1.10 bits per heavy atom. The van der Waals surface area contributed by atoms with Crippen molar-refractivity contribution in [1.82, 2.24) is 14.9 Å². The minimum Gasteiger partial charge on any atom is -0.360 e. The predicted octanol–water partition coefficient (Wildman–Crippen LogP) is 1.82. The molecule has 2 amide bonds. The number of sulfonamides is 1. The van der Waals surface area contributed by atoms with Crippen molar-refractivity contribution >= 4 is 33.4 Å². The van der Waals surface area contributed by atoms with Crippen molar-refractivity contribution in [3.63, 3.8) is 0 Å². The second-order valence-electron chi connectivity index (χ2n) is 7.09. The van der Waals surface area contributed by atoms with E-state index < -0.39 is 28.1 Å². The SMILES string of the molecule is Cc1ccc(S(=O)(=O)N2CCCOC2CNC(=O)C(=O)NCc2ccccc2Cl)cc1. The summed E-state index contributed by atoms with van der Waals surface area (Å²) in [6.45, 7) is 2.44. The summed E-state index contributed by atoms with van der Waals surface area (Å²) in [5.41, 5.74) is 1.62. The van der Waals surface area contributed by atoms with E-state index >= 15 is 0 Å². The fraction of sp³-hybridized carbons (Fsp3) is 0.333. The number of carbonyl (C=O) groups is 2. The van der Waals surface area contributed by atoms with Gasteiger partial charge in [0, 0.05) is 18.1 Å². The fourth-order valence-corrected chi connectivity index (χ4v) is 4.87. The zero-order chi connectivity index (χ0) is 22.4. The Bertz CT molecular complexity index is 1040. The van der Waals surface area contributed by atoms with Gasteiger partial charge in [0.1, 0.15) is 6.23 Å². The number of carbonyl (C=O) groups excluding carboxylic acids is 2. The number of hydrogen-bond acceptors (Lipinski definition) is 5. The number of nitrogens with one attached hydrogen (secondary N) is 2. The molecule has 2 aromatic rings. The summed E-state index contributed by atoms with van der Waals surface area (Å²) in [7, 11) is -3.81. The lowest BCUT2D eigenvalue weighted by molar-refractivity contribution is -0.140. The molecule has 31 heavy (non-hydrogen) atoms. The van der Waals surface area contributed by atoms with Crippen molar-refractivity contribution in [2.45, 2.75) is 31.0 Å². The molecule has 0 spiro atoms. The average molecular weight is 466 g/mol. The summed E-state index contributed by atoms with van der Waals surface area (Å²) in [5, 5.41) is 5.42. The molecule has 0 aliphatic carbocycles. The van der Waals surface area contributed by atoms with Gasteiger partial charge in [-0.3, -0.25) is 9.59 Å². The van der Waals surface area contributed by atoms with Gasteiger partial charge in [-0.15, -0.1) is 0 Å². The van der Waals surface area contributed by atoms with E-state index in [9.17, 15) is 18.0 Å². The van der Waals surface area contributed by atoms with Crippen LogP contribution in [0.25, 0.3) is 0 Å². The molecule has 2 N–H and O–H groups in total. The molecule has 1 aliphatic rings. The van der Waals surface area contributed by atoms with Crippen LogP contribution in [0.2, 0.25) is 5.02 Å². The third-order valence-corrected chi connectivity index (χ3v) is 7.09. The lowest BCUT2D eigenvalue weighted by Crippen LogP contribution is -2.53. The molecule has 3 rings (SSSR count). The first-order chi connectivity index (χ1) is 14.8. The molecule has 1 aliphatic heterocycles. The highest BCUT2D eigenvalue weighted by molar-refractivity contribution is 7.89. The van der Waals surface area contributed by atoms with E-state index in [1.165, 1.54) is 16.4 Å². The maximum absolute atomic E-state index is 13.0. The van der Waals surface area contributed by atoms with Crippen molar-refractivity contribution in [1.29, 1.82) is 0 Å². The Morgan fingerprint density at radius 3 is 2.48 bits per heavy atom. The molecule has 10 heteroatoms. The number of aryl methyl sites for hydroxylation is 1. The lowest BCUT2D eigenvalue weighted by atomic mass is 10.2. The van der Waals surface area contributed by atoms with Crippen LogP contribution in [0, 0.1) is 6.92 Å². The zero-order valence-electron chi connectivity index (χ0n) is 17.0. The molecule has 1 atom stereocenters. The van der Waals surface area contributed by atoms with Gasteiger partial charge < -0.3 is 15.4 Å². The van der Waals surface area contributed by atoms with Crippen LogP contribution in [0.4, 0.5) is 0 Å². The van der Waals surface area contributed by atoms with Crippen LogP contribution in [0.1, 0.15) is 17.5 Å². The number of halogens is 1. The second-order valence-corrected chi connectivity index (χ2v) is 9.39. The topological polar surface area (TPSA) is 105 Å². The van der Waals surface area contributed by atoms with Crippen molar-refractivity contribution in [3.05, 3.63) is 64.7 Å². The van der Waals surface area contributed by atoms with E-state index in [1.54, 1.807) is 36.4 Å². The van der Waals surface area contributed by atoms with E-state index in [0.29, 0.717) is 23.6 Å². The average Bonchev–Trinajstić information content (AvgIpc) is 2.77. The van der Waals surface area contributed by atoms with Gasteiger partial charge in [-0.1, -0.05) is 47.5 Å². The summed E-state index contributed by atoms with van der Waals surface area (Å²) in [6, 6.07) is 13.5. The molecule has 166 valence electrons. The van der Waals surface area contributed by atoms with Crippen molar-refractivity contribution in [3.8, 4) is 0 Å². The lowest BCUT2D eigenvalue weighted by Gasteiger charge is -2.34. The maximum atomic E-state index is 13.0. The van der Waals surface area contributed by atoms with Crippen LogP contribution < -0.4 is 10.6 Å². The van der Waals surface area contributed by atoms with E-state index in [1.807, 2.05) is 6.92 Å². The minimum atomic E-state index is -3.81. The highest BCUT2D eigenvalue weighted by atomic mass is 35.5. The fourth-order valence-electron chi connectivity index (χ4n) is 3.11. The summed E-state index contributed by atoms with van der Waals surface area (Å²) in [5.74, 6) is -1.72. The van der Waals surface area contributed by atoms with Crippen molar-refractivity contribution < 1.29 is 22.7 Å². The largest absolute Gasteiger partial charge is 0.360 e. The summed E-state index contributed by atoms with van der Waals surface area (Å²) >= 11 is 6.04. The smallest absolute Gasteiger partial charge is 0.309 e. The molecule has 0 saturated carbocycles. The molecule has 1 saturated heterocycles. The standard InChI is InChI=1S/C21H24ClN3O5S/c1-15-7-9-17(10-8-15)31(28,29)25-11-4-12-30-19(25)14-24-21(27)20(26)23-13-16-5-2-3-6-18(16)22/h2-3,5-10,19H,4,11-14H2,1H3,(H,23,26)(H,24,27). The van der Waals surface area contributed by atoms with E-state index in [4.69, 9.17) is 16.3 Å². The Labute approximate surface area is 186 Å². The van der Waals surface area contributed by atoms with Gasteiger partial charge in [-0.2, -0.15) is 4.31 Å². The molecule has 1 fully saturated rings. The summed E-state index contributed by atoms with van der Waals surface area (Å²) in [4.78, 5) is 24.4. The first-order valence-corrected chi connectivity index (χ1v) is 11.6. The summed E-state index contributed by atoms with van der Waals surface area (Å²) in [6.07, 6.45) is -0.367. The highest BCUT2D eigenvalue weighted by Crippen LogP contribution is 2.22. The Hall–Kier alpha value is -2.46. The Morgan fingerprint density at radius 2 is 1.77 bits per heavy atom. The van der Waals surface area contributed by atoms with Gasteiger partial charge in [0.15, 0.2) is 0 Å². The Balaban J connectivity index is 1.59. The number of benzene rings is 2. The molecule has 2 aromatic carbocycles. The van der Waals surface area contributed by atoms with Crippen LogP contribution in [0.3, 0.4) is 0 Å². The zero-order valence-corrected chi connectivity index (χ0v) is 18.6. The number of amides is 2. The predicted molar refractivity (Wildman–Crippen MR) is 116 cm³/mol. The molecule has 0 aromatic heterocycles. The molecule has 0 radical (unpaired) electrons. The molecule has 1 unspecified atom stereocenters. The maximum Gasteiger partial charge on any atom is 0.309 e. The Kier molecular flexibility index (Phi) is 7.66. The number of nitrogens with zero attached hydrogens (tertiary/aromatic N) is 1. The quantitative estimate of drug-likeness (QED) is 0.633.